The van der Waals surface area contributed by atoms with Gasteiger partial charge >= 0.3 is 0 Å². The maximum Gasteiger partial charge on any atom is 0.0826 e. The lowest BCUT2D eigenvalue weighted by Gasteiger charge is -2.35. The first kappa shape index (κ1) is 13.3. The molecule has 2 rings (SSSR count). The molecule has 3 heteroatoms. The molecular formula is C14H28N2O. The van der Waals surface area contributed by atoms with E-state index < -0.39 is 0 Å². The molecule has 0 aromatic carbocycles. The van der Waals surface area contributed by atoms with Crippen LogP contribution in [0.3, 0.4) is 0 Å². The van der Waals surface area contributed by atoms with Crippen LogP contribution in [0.5, 0.6) is 0 Å². The highest BCUT2D eigenvalue weighted by Crippen LogP contribution is 2.26. The van der Waals surface area contributed by atoms with Gasteiger partial charge in [-0.05, 0) is 25.8 Å². The number of hydrogen-bond acceptors (Lipinski definition) is 3. The van der Waals surface area contributed by atoms with Crippen molar-refractivity contribution in [3.8, 4) is 0 Å². The van der Waals surface area contributed by atoms with Gasteiger partial charge in [-0.1, -0.05) is 26.2 Å². The van der Waals surface area contributed by atoms with Gasteiger partial charge in [0, 0.05) is 25.7 Å². The van der Waals surface area contributed by atoms with Crippen molar-refractivity contribution in [2.24, 2.45) is 5.92 Å². The summed E-state index contributed by atoms with van der Waals surface area (Å²) < 4.78 is 5.80. The fraction of sp³-hybridized carbons (Fsp3) is 1.00. The van der Waals surface area contributed by atoms with E-state index in [1.165, 1.54) is 32.1 Å². The summed E-state index contributed by atoms with van der Waals surface area (Å²) in [6.07, 6.45) is 7.33. The first-order chi connectivity index (χ1) is 8.29. The molecule has 1 heterocycles. The third-order valence-corrected chi connectivity index (χ3v) is 4.38. The molecule has 3 nitrogen and oxygen atoms in total. The minimum atomic E-state index is 0.396. The highest BCUT2D eigenvalue weighted by atomic mass is 16.5. The average molecular weight is 240 g/mol. The number of morpholine rings is 1. The van der Waals surface area contributed by atoms with Gasteiger partial charge in [0.2, 0.25) is 0 Å². The maximum absolute atomic E-state index is 5.80. The van der Waals surface area contributed by atoms with Gasteiger partial charge in [-0.15, -0.1) is 0 Å². The standard InChI is InChI=1S/C14H28N2O/c1-3-12-6-4-5-7-14(12)15-10-13-11-16(2)8-9-17-13/h12-15H,3-11H2,1-2H3. The van der Waals surface area contributed by atoms with Crippen molar-refractivity contribution < 1.29 is 4.74 Å². The predicted octanol–water partition coefficient (Wildman–Crippen LogP) is 1.88. The second-order valence-electron chi connectivity index (χ2n) is 5.72. The van der Waals surface area contributed by atoms with Crippen molar-refractivity contribution in [3.63, 3.8) is 0 Å². The zero-order chi connectivity index (χ0) is 12.1. The van der Waals surface area contributed by atoms with Crippen LogP contribution < -0.4 is 5.32 Å². The normalized spacial score (nSPS) is 36.0. The highest BCUT2D eigenvalue weighted by molar-refractivity contribution is 4.82. The van der Waals surface area contributed by atoms with Gasteiger partial charge in [-0.3, -0.25) is 0 Å². The van der Waals surface area contributed by atoms with E-state index in [0.717, 1.165) is 38.2 Å². The van der Waals surface area contributed by atoms with E-state index in [2.05, 4.69) is 24.2 Å². The van der Waals surface area contributed by atoms with E-state index in [9.17, 15) is 0 Å². The Morgan fingerprint density at radius 1 is 1.29 bits per heavy atom. The van der Waals surface area contributed by atoms with Crippen molar-refractivity contribution in [1.82, 2.24) is 10.2 Å². The summed E-state index contributed by atoms with van der Waals surface area (Å²) in [5.41, 5.74) is 0. The van der Waals surface area contributed by atoms with Crippen molar-refractivity contribution in [3.05, 3.63) is 0 Å². The van der Waals surface area contributed by atoms with Crippen LogP contribution >= 0.6 is 0 Å². The molecule has 2 fully saturated rings. The Morgan fingerprint density at radius 3 is 2.88 bits per heavy atom. The van der Waals surface area contributed by atoms with Gasteiger partial charge in [0.05, 0.1) is 12.7 Å². The topological polar surface area (TPSA) is 24.5 Å². The lowest BCUT2D eigenvalue weighted by molar-refractivity contribution is -0.0207. The van der Waals surface area contributed by atoms with E-state index in [0.29, 0.717) is 6.10 Å². The number of nitrogens with one attached hydrogen (secondary N) is 1. The highest BCUT2D eigenvalue weighted by Gasteiger charge is 2.25. The second-order valence-corrected chi connectivity index (χ2v) is 5.72. The quantitative estimate of drug-likeness (QED) is 0.812. The van der Waals surface area contributed by atoms with Crippen molar-refractivity contribution in [2.75, 3.05) is 33.3 Å². The Balaban J connectivity index is 1.72. The molecule has 2 aliphatic rings. The molecule has 3 atom stereocenters. The molecule has 0 amide bonds. The molecule has 0 bridgehead atoms. The van der Waals surface area contributed by atoms with E-state index in [1.807, 2.05) is 0 Å². The number of hydrogen-bond donors (Lipinski definition) is 1. The van der Waals surface area contributed by atoms with Crippen LogP contribution in [0.25, 0.3) is 0 Å². The molecule has 0 radical (unpaired) electrons. The zero-order valence-electron chi connectivity index (χ0n) is 11.5. The van der Waals surface area contributed by atoms with Crippen LogP contribution in [0.1, 0.15) is 39.0 Å². The molecule has 1 aliphatic heterocycles. The summed E-state index contributed by atoms with van der Waals surface area (Å²) >= 11 is 0. The monoisotopic (exact) mass is 240 g/mol. The fourth-order valence-corrected chi connectivity index (χ4v) is 3.24. The third kappa shape index (κ3) is 3.94. The maximum atomic E-state index is 5.80. The summed E-state index contributed by atoms with van der Waals surface area (Å²) in [4.78, 5) is 2.37. The van der Waals surface area contributed by atoms with Gasteiger partial charge < -0.3 is 15.0 Å². The van der Waals surface area contributed by atoms with Crippen LogP contribution in [0.4, 0.5) is 0 Å². The largest absolute Gasteiger partial charge is 0.374 e. The first-order valence-electron chi connectivity index (χ1n) is 7.33. The summed E-state index contributed by atoms with van der Waals surface area (Å²) in [5.74, 6) is 0.894. The molecule has 3 unspecified atom stereocenters. The molecule has 100 valence electrons. The number of nitrogens with zero attached hydrogens (tertiary/aromatic N) is 1. The molecule has 1 N–H and O–H groups in total. The van der Waals surface area contributed by atoms with Crippen LogP contribution in [-0.4, -0.2) is 50.3 Å². The Hall–Kier alpha value is -0.120. The van der Waals surface area contributed by atoms with Crippen LogP contribution in [-0.2, 0) is 4.74 Å². The number of rotatable bonds is 4. The fourth-order valence-electron chi connectivity index (χ4n) is 3.24. The van der Waals surface area contributed by atoms with Gasteiger partial charge in [-0.25, -0.2) is 0 Å². The third-order valence-electron chi connectivity index (χ3n) is 4.38. The molecule has 1 aliphatic carbocycles. The molecule has 0 aromatic heterocycles. The first-order valence-corrected chi connectivity index (χ1v) is 7.33. The van der Waals surface area contributed by atoms with Crippen molar-refractivity contribution >= 4 is 0 Å². The number of ether oxygens (including phenoxy) is 1. The Labute approximate surface area is 106 Å². The minimum Gasteiger partial charge on any atom is -0.374 e. The molecule has 1 saturated heterocycles. The van der Waals surface area contributed by atoms with Crippen molar-refractivity contribution in [2.45, 2.75) is 51.2 Å². The minimum absolute atomic E-state index is 0.396. The van der Waals surface area contributed by atoms with Crippen LogP contribution in [0, 0.1) is 5.92 Å². The summed E-state index contributed by atoms with van der Waals surface area (Å²) in [6.45, 7) is 6.42. The number of likely N-dealkylation sites (N-methyl/N-ethyl adjacent to an activating group) is 1. The molecular weight excluding hydrogens is 212 g/mol. The van der Waals surface area contributed by atoms with E-state index in [-0.39, 0.29) is 0 Å². The van der Waals surface area contributed by atoms with Gasteiger partial charge in [0.15, 0.2) is 0 Å². The average Bonchev–Trinajstić information content (AvgIpc) is 2.37. The summed E-state index contributed by atoms with van der Waals surface area (Å²) in [6, 6.07) is 0.740. The van der Waals surface area contributed by atoms with E-state index in [4.69, 9.17) is 4.74 Å². The molecule has 0 spiro atoms. The zero-order valence-corrected chi connectivity index (χ0v) is 11.5. The predicted molar refractivity (Wildman–Crippen MR) is 71.3 cm³/mol. The van der Waals surface area contributed by atoms with Crippen LogP contribution in [0.2, 0.25) is 0 Å². The SMILES string of the molecule is CCC1CCCCC1NCC1CN(C)CCO1. The lowest BCUT2D eigenvalue weighted by atomic mass is 9.83. The van der Waals surface area contributed by atoms with Crippen molar-refractivity contribution in [1.29, 1.82) is 0 Å². The Bertz CT molecular complexity index is 222. The Morgan fingerprint density at radius 2 is 2.12 bits per heavy atom. The van der Waals surface area contributed by atoms with E-state index >= 15 is 0 Å². The Kier molecular flexibility index (Phi) is 5.26. The molecule has 0 aromatic rings. The molecule has 1 saturated carbocycles. The summed E-state index contributed by atoms with van der Waals surface area (Å²) in [7, 11) is 2.19. The van der Waals surface area contributed by atoms with Crippen LogP contribution in [0.15, 0.2) is 0 Å². The van der Waals surface area contributed by atoms with Gasteiger partial charge in [0.1, 0.15) is 0 Å². The van der Waals surface area contributed by atoms with Gasteiger partial charge in [-0.2, -0.15) is 0 Å². The lowest BCUT2D eigenvalue weighted by Crippen LogP contribution is -2.48. The van der Waals surface area contributed by atoms with Gasteiger partial charge in [0.25, 0.3) is 0 Å². The second kappa shape index (κ2) is 6.72. The smallest absolute Gasteiger partial charge is 0.0826 e. The molecule has 17 heavy (non-hydrogen) atoms. The van der Waals surface area contributed by atoms with E-state index in [1.54, 1.807) is 0 Å². The summed E-state index contributed by atoms with van der Waals surface area (Å²) in [5, 5.41) is 3.76.